The van der Waals surface area contributed by atoms with Crippen LogP contribution < -0.4 is 5.32 Å². The van der Waals surface area contributed by atoms with Gasteiger partial charge in [-0.05, 0) is 70.3 Å². The number of nitrogens with one attached hydrogen (secondary N) is 3. The second-order valence-corrected chi connectivity index (χ2v) is 8.81. The van der Waals surface area contributed by atoms with Crippen molar-refractivity contribution in [1.29, 1.82) is 0 Å². The fourth-order valence-electron chi connectivity index (χ4n) is 5.04. The third kappa shape index (κ3) is 3.92. The molecule has 5 heterocycles. The van der Waals surface area contributed by atoms with Crippen LogP contribution in [0, 0.1) is 6.92 Å². The van der Waals surface area contributed by atoms with Crippen molar-refractivity contribution >= 4 is 16.6 Å². The highest BCUT2D eigenvalue weighted by Crippen LogP contribution is 2.34. The van der Waals surface area contributed by atoms with E-state index in [1.165, 1.54) is 36.2 Å². The van der Waals surface area contributed by atoms with Gasteiger partial charge in [0, 0.05) is 47.0 Å². The number of piperidine rings is 2. The van der Waals surface area contributed by atoms with Crippen molar-refractivity contribution in [3.63, 3.8) is 0 Å². The standard InChI is InChI=1S/C25H32N6/c1-3-7-24(31-12-5-4-6-13-31)19-14-22(28-17(19)2)25-20-15-21(18-8-10-26-11-9-18)27-16-23(20)29-30-25/h3,7,14-16,18,26,28H,1,4-6,8-13H2,2H3,(H,29,30)/b24-7+. The highest BCUT2D eigenvalue weighted by molar-refractivity contribution is 5.92. The minimum Gasteiger partial charge on any atom is -0.371 e. The van der Waals surface area contributed by atoms with Crippen LogP contribution in [0.1, 0.15) is 55.0 Å². The topological polar surface area (TPSA) is 72.6 Å². The Hall–Kier alpha value is -2.86. The molecule has 5 rings (SSSR count). The van der Waals surface area contributed by atoms with Crippen LogP contribution in [-0.4, -0.2) is 51.2 Å². The van der Waals surface area contributed by atoms with Crippen LogP contribution in [0.3, 0.4) is 0 Å². The van der Waals surface area contributed by atoms with E-state index in [4.69, 9.17) is 4.98 Å². The fraction of sp³-hybridized carbons (Fsp3) is 0.440. The van der Waals surface area contributed by atoms with E-state index in [0.29, 0.717) is 5.92 Å². The first kappa shape index (κ1) is 20.1. The van der Waals surface area contributed by atoms with E-state index >= 15 is 0 Å². The molecule has 2 fully saturated rings. The van der Waals surface area contributed by atoms with E-state index in [0.717, 1.165) is 67.0 Å². The van der Waals surface area contributed by atoms with Crippen LogP contribution in [0.25, 0.3) is 28.0 Å². The first-order valence-corrected chi connectivity index (χ1v) is 11.6. The van der Waals surface area contributed by atoms with E-state index in [9.17, 15) is 0 Å². The molecule has 31 heavy (non-hydrogen) atoms. The molecule has 0 radical (unpaired) electrons. The van der Waals surface area contributed by atoms with Crippen molar-refractivity contribution in [2.24, 2.45) is 0 Å². The van der Waals surface area contributed by atoms with Gasteiger partial charge < -0.3 is 15.2 Å². The predicted octanol–water partition coefficient (Wildman–Crippen LogP) is 4.74. The average Bonchev–Trinajstić information content (AvgIpc) is 3.41. The lowest BCUT2D eigenvalue weighted by atomic mass is 9.93. The van der Waals surface area contributed by atoms with Gasteiger partial charge in [0.1, 0.15) is 5.69 Å². The van der Waals surface area contributed by atoms with Crippen LogP contribution in [-0.2, 0) is 0 Å². The first-order chi connectivity index (χ1) is 15.2. The van der Waals surface area contributed by atoms with Crippen molar-refractivity contribution in [3.8, 4) is 11.4 Å². The van der Waals surface area contributed by atoms with Gasteiger partial charge in [0.05, 0.1) is 17.4 Å². The number of aromatic amines is 2. The molecule has 0 unspecified atom stereocenters. The molecule has 2 aliphatic rings. The summed E-state index contributed by atoms with van der Waals surface area (Å²) in [5.74, 6) is 0.524. The molecule has 3 aromatic rings. The van der Waals surface area contributed by atoms with Crippen molar-refractivity contribution < 1.29 is 0 Å². The Morgan fingerprint density at radius 3 is 2.74 bits per heavy atom. The summed E-state index contributed by atoms with van der Waals surface area (Å²) in [7, 11) is 0. The first-order valence-electron chi connectivity index (χ1n) is 11.6. The molecule has 3 aromatic heterocycles. The zero-order chi connectivity index (χ0) is 21.2. The molecular formula is C25H32N6. The molecular weight excluding hydrogens is 384 g/mol. The van der Waals surface area contributed by atoms with Crippen molar-refractivity contribution in [1.82, 2.24) is 30.4 Å². The second-order valence-electron chi connectivity index (χ2n) is 8.81. The van der Waals surface area contributed by atoms with E-state index in [2.05, 4.69) is 57.1 Å². The molecule has 0 saturated carbocycles. The molecule has 0 spiro atoms. The summed E-state index contributed by atoms with van der Waals surface area (Å²) in [6.45, 7) is 10.5. The number of H-pyrrole nitrogens is 2. The minimum absolute atomic E-state index is 0.524. The zero-order valence-corrected chi connectivity index (χ0v) is 18.4. The normalized spacial score (nSPS) is 18.6. The number of hydrogen-bond acceptors (Lipinski definition) is 4. The Labute approximate surface area is 183 Å². The molecule has 6 heteroatoms. The number of nitrogens with zero attached hydrogens (tertiary/aromatic N) is 3. The van der Waals surface area contributed by atoms with Gasteiger partial charge >= 0.3 is 0 Å². The molecule has 0 bridgehead atoms. The van der Waals surface area contributed by atoms with Gasteiger partial charge in [-0.2, -0.15) is 5.10 Å². The fourth-order valence-corrected chi connectivity index (χ4v) is 5.04. The third-order valence-electron chi connectivity index (χ3n) is 6.74. The number of rotatable bonds is 5. The summed E-state index contributed by atoms with van der Waals surface area (Å²) in [6.07, 6.45) is 12.1. The van der Waals surface area contributed by atoms with Gasteiger partial charge in [-0.25, -0.2) is 0 Å². The van der Waals surface area contributed by atoms with Crippen molar-refractivity contribution in [2.45, 2.75) is 44.9 Å². The summed E-state index contributed by atoms with van der Waals surface area (Å²) in [6, 6.07) is 4.49. The van der Waals surface area contributed by atoms with Crippen LogP contribution in [0.2, 0.25) is 0 Å². The Kier molecular flexibility index (Phi) is 5.64. The summed E-state index contributed by atoms with van der Waals surface area (Å²) in [4.78, 5) is 10.8. The number of pyridine rings is 1. The van der Waals surface area contributed by atoms with Crippen LogP contribution >= 0.6 is 0 Å². The smallest absolute Gasteiger partial charge is 0.116 e. The zero-order valence-electron chi connectivity index (χ0n) is 18.4. The molecule has 3 N–H and O–H groups in total. The Bertz CT molecular complexity index is 1090. The van der Waals surface area contributed by atoms with Gasteiger partial charge in [-0.3, -0.25) is 10.1 Å². The number of likely N-dealkylation sites (tertiary alicyclic amines) is 1. The lowest BCUT2D eigenvalue weighted by Gasteiger charge is -2.31. The average molecular weight is 417 g/mol. The number of hydrogen-bond donors (Lipinski definition) is 3. The van der Waals surface area contributed by atoms with E-state index in [1.54, 1.807) is 0 Å². The van der Waals surface area contributed by atoms with Crippen LogP contribution in [0.4, 0.5) is 0 Å². The molecule has 0 amide bonds. The molecule has 2 aliphatic heterocycles. The summed E-state index contributed by atoms with van der Waals surface area (Å²) >= 11 is 0. The lowest BCUT2D eigenvalue weighted by molar-refractivity contribution is 0.326. The summed E-state index contributed by atoms with van der Waals surface area (Å²) in [5, 5.41) is 12.4. The minimum atomic E-state index is 0.524. The largest absolute Gasteiger partial charge is 0.371 e. The number of aryl methyl sites for hydroxylation is 1. The van der Waals surface area contributed by atoms with E-state index < -0.39 is 0 Å². The van der Waals surface area contributed by atoms with E-state index in [-0.39, 0.29) is 0 Å². The highest BCUT2D eigenvalue weighted by atomic mass is 15.1. The Balaban J connectivity index is 1.52. The maximum atomic E-state index is 4.74. The van der Waals surface area contributed by atoms with Gasteiger partial charge in [-0.15, -0.1) is 0 Å². The Morgan fingerprint density at radius 2 is 1.97 bits per heavy atom. The van der Waals surface area contributed by atoms with Crippen LogP contribution in [0.15, 0.2) is 37.1 Å². The summed E-state index contributed by atoms with van der Waals surface area (Å²) < 4.78 is 0. The molecule has 162 valence electrons. The van der Waals surface area contributed by atoms with Gasteiger partial charge in [0.25, 0.3) is 0 Å². The molecule has 2 saturated heterocycles. The number of allylic oxidation sites excluding steroid dienone is 2. The van der Waals surface area contributed by atoms with Gasteiger partial charge in [0.2, 0.25) is 0 Å². The molecule has 6 nitrogen and oxygen atoms in total. The highest BCUT2D eigenvalue weighted by Gasteiger charge is 2.21. The third-order valence-corrected chi connectivity index (χ3v) is 6.74. The Morgan fingerprint density at radius 1 is 1.16 bits per heavy atom. The van der Waals surface area contributed by atoms with Gasteiger partial charge in [0.15, 0.2) is 0 Å². The van der Waals surface area contributed by atoms with Crippen LogP contribution in [0.5, 0.6) is 0 Å². The second kappa shape index (κ2) is 8.71. The number of fused-ring (bicyclic) bond motifs is 1. The monoisotopic (exact) mass is 416 g/mol. The SMILES string of the molecule is C=C/C=C(\c1cc(-c2n[nH]c3cnc(C4CCNCC4)cc23)[nH]c1C)N1CCCCC1. The quantitative estimate of drug-likeness (QED) is 0.525. The maximum Gasteiger partial charge on any atom is 0.116 e. The maximum absolute atomic E-state index is 4.74. The van der Waals surface area contributed by atoms with Crippen molar-refractivity contribution in [3.05, 3.63) is 54.0 Å². The lowest BCUT2D eigenvalue weighted by Crippen LogP contribution is -2.28. The predicted molar refractivity (Wildman–Crippen MR) is 127 cm³/mol. The molecule has 0 aliphatic carbocycles. The van der Waals surface area contributed by atoms with E-state index in [1.807, 2.05) is 12.3 Å². The van der Waals surface area contributed by atoms with Gasteiger partial charge in [-0.1, -0.05) is 12.7 Å². The van der Waals surface area contributed by atoms with Crippen molar-refractivity contribution in [2.75, 3.05) is 26.2 Å². The molecule has 0 atom stereocenters. The molecule has 0 aromatic carbocycles. The number of aromatic nitrogens is 4. The summed E-state index contributed by atoms with van der Waals surface area (Å²) in [5.41, 5.74) is 7.84.